The highest BCUT2D eigenvalue weighted by Gasteiger charge is 2.23. The number of carbonyl (C=O) groups is 1. The van der Waals surface area contributed by atoms with E-state index in [1.807, 2.05) is 0 Å². The van der Waals surface area contributed by atoms with Crippen molar-refractivity contribution in [2.45, 2.75) is 6.10 Å². The van der Waals surface area contributed by atoms with Gasteiger partial charge in [0.1, 0.15) is 23.4 Å². The van der Waals surface area contributed by atoms with Gasteiger partial charge in [-0.05, 0) is 42.5 Å². The lowest BCUT2D eigenvalue weighted by Gasteiger charge is -2.18. The second-order valence-corrected chi connectivity index (χ2v) is 5.32. The molecular formula is C18H17ClO5. The summed E-state index contributed by atoms with van der Waals surface area (Å²) in [7, 11) is 2.72. The number of aliphatic hydroxyl groups is 1. The molecule has 1 unspecified atom stereocenters. The lowest BCUT2D eigenvalue weighted by Crippen LogP contribution is -2.13. The summed E-state index contributed by atoms with van der Waals surface area (Å²) in [6, 6.07) is 11.6. The van der Waals surface area contributed by atoms with E-state index < -0.39 is 12.1 Å². The minimum absolute atomic E-state index is 0.105. The van der Waals surface area contributed by atoms with Crippen molar-refractivity contribution in [2.24, 2.45) is 0 Å². The zero-order valence-corrected chi connectivity index (χ0v) is 14.0. The van der Waals surface area contributed by atoms with E-state index in [2.05, 4.69) is 11.3 Å². The molecule has 5 nitrogen and oxygen atoms in total. The first kappa shape index (κ1) is 17.8. The van der Waals surface area contributed by atoms with Gasteiger partial charge in [-0.1, -0.05) is 18.2 Å². The number of halogens is 1. The predicted octanol–water partition coefficient (Wildman–Crippen LogP) is 3.90. The molecule has 6 heteroatoms. The molecule has 0 aliphatic carbocycles. The fraction of sp³-hybridized carbons (Fsp3) is 0.167. The van der Waals surface area contributed by atoms with Crippen molar-refractivity contribution in [1.29, 1.82) is 0 Å². The van der Waals surface area contributed by atoms with Gasteiger partial charge in [0.2, 0.25) is 0 Å². The van der Waals surface area contributed by atoms with Gasteiger partial charge >= 0.3 is 5.97 Å². The van der Waals surface area contributed by atoms with Crippen molar-refractivity contribution in [2.75, 3.05) is 14.2 Å². The Morgan fingerprint density at radius 1 is 1.12 bits per heavy atom. The molecule has 0 heterocycles. The van der Waals surface area contributed by atoms with Gasteiger partial charge in [0.15, 0.2) is 0 Å². The van der Waals surface area contributed by atoms with Crippen LogP contribution in [-0.4, -0.2) is 25.3 Å². The second kappa shape index (κ2) is 7.86. The van der Waals surface area contributed by atoms with Crippen LogP contribution in [-0.2, 0) is 9.53 Å². The Morgan fingerprint density at radius 3 is 2.33 bits per heavy atom. The standard InChI is InChI=1S/C18H17ClO5/c1-11(18(21)23-3)17(20)15-10-14(22-2)8-9-16(15)24-13-6-4-12(19)5-7-13/h4-10,17,20H,1H2,2-3H3. The summed E-state index contributed by atoms with van der Waals surface area (Å²) in [5.74, 6) is 0.685. The topological polar surface area (TPSA) is 65.0 Å². The van der Waals surface area contributed by atoms with Crippen molar-refractivity contribution in [3.63, 3.8) is 0 Å². The molecular weight excluding hydrogens is 332 g/mol. The normalized spacial score (nSPS) is 11.5. The zero-order valence-electron chi connectivity index (χ0n) is 13.3. The fourth-order valence-corrected chi connectivity index (χ4v) is 2.15. The number of benzene rings is 2. The van der Waals surface area contributed by atoms with E-state index in [4.69, 9.17) is 21.1 Å². The highest BCUT2D eigenvalue weighted by molar-refractivity contribution is 6.30. The number of ether oxygens (including phenoxy) is 3. The number of methoxy groups -OCH3 is 2. The average Bonchev–Trinajstić information content (AvgIpc) is 2.62. The largest absolute Gasteiger partial charge is 0.497 e. The lowest BCUT2D eigenvalue weighted by atomic mass is 10.0. The molecule has 0 radical (unpaired) electrons. The quantitative estimate of drug-likeness (QED) is 0.633. The van der Waals surface area contributed by atoms with Crippen molar-refractivity contribution in [1.82, 2.24) is 0 Å². The summed E-state index contributed by atoms with van der Waals surface area (Å²) >= 11 is 5.85. The Bertz CT molecular complexity index is 740. The molecule has 0 amide bonds. The van der Waals surface area contributed by atoms with Gasteiger partial charge in [-0.25, -0.2) is 4.79 Å². The summed E-state index contributed by atoms with van der Waals surface area (Å²) in [6.45, 7) is 3.58. The maximum Gasteiger partial charge on any atom is 0.336 e. The van der Waals surface area contributed by atoms with Gasteiger partial charge in [0.05, 0.1) is 19.8 Å². The maximum absolute atomic E-state index is 11.6. The van der Waals surface area contributed by atoms with Crippen LogP contribution in [0, 0.1) is 0 Å². The Labute approximate surface area is 145 Å². The molecule has 0 saturated carbocycles. The van der Waals surface area contributed by atoms with Crippen molar-refractivity contribution in [3.05, 3.63) is 65.2 Å². The van der Waals surface area contributed by atoms with Crippen LogP contribution in [0.15, 0.2) is 54.6 Å². The minimum atomic E-state index is -1.30. The van der Waals surface area contributed by atoms with E-state index in [1.54, 1.807) is 42.5 Å². The molecule has 1 N–H and O–H groups in total. The Hall–Kier alpha value is -2.50. The number of rotatable bonds is 6. The summed E-state index contributed by atoms with van der Waals surface area (Å²) in [6.07, 6.45) is -1.30. The van der Waals surface area contributed by atoms with E-state index in [0.29, 0.717) is 27.8 Å². The van der Waals surface area contributed by atoms with Crippen LogP contribution >= 0.6 is 11.6 Å². The number of carbonyl (C=O) groups excluding carboxylic acids is 1. The maximum atomic E-state index is 11.6. The molecule has 0 saturated heterocycles. The minimum Gasteiger partial charge on any atom is -0.497 e. The third-order valence-electron chi connectivity index (χ3n) is 3.33. The number of aliphatic hydroxyl groups excluding tert-OH is 1. The van der Waals surface area contributed by atoms with Crippen LogP contribution in [0.4, 0.5) is 0 Å². The van der Waals surface area contributed by atoms with Gasteiger partial charge < -0.3 is 19.3 Å². The van der Waals surface area contributed by atoms with Crippen LogP contribution in [0.3, 0.4) is 0 Å². The van der Waals surface area contributed by atoms with E-state index in [-0.39, 0.29) is 5.57 Å². The van der Waals surface area contributed by atoms with Crippen molar-refractivity contribution in [3.8, 4) is 17.2 Å². The van der Waals surface area contributed by atoms with E-state index >= 15 is 0 Å². The highest BCUT2D eigenvalue weighted by Crippen LogP contribution is 2.35. The molecule has 1 atom stereocenters. The van der Waals surface area contributed by atoms with Gasteiger partial charge in [-0.15, -0.1) is 0 Å². The smallest absolute Gasteiger partial charge is 0.336 e. The van der Waals surface area contributed by atoms with E-state index in [1.165, 1.54) is 14.2 Å². The SMILES string of the molecule is C=C(C(=O)OC)C(O)c1cc(OC)ccc1Oc1ccc(Cl)cc1. The highest BCUT2D eigenvalue weighted by atomic mass is 35.5. The monoisotopic (exact) mass is 348 g/mol. The van der Waals surface area contributed by atoms with E-state index in [0.717, 1.165) is 0 Å². The molecule has 0 aliphatic heterocycles. The van der Waals surface area contributed by atoms with Gasteiger partial charge in [0.25, 0.3) is 0 Å². The fourth-order valence-electron chi connectivity index (χ4n) is 2.02. The van der Waals surface area contributed by atoms with E-state index in [9.17, 15) is 9.90 Å². The molecule has 0 fully saturated rings. The van der Waals surface area contributed by atoms with Crippen LogP contribution in [0.5, 0.6) is 17.2 Å². The van der Waals surface area contributed by atoms with Gasteiger partial charge in [-0.2, -0.15) is 0 Å². The average molecular weight is 349 g/mol. The Balaban J connectivity index is 2.38. The molecule has 2 aromatic rings. The molecule has 24 heavy (non-hydrogen) atoms. The summed E-state index contributed by atoms with van der Waals surface area (Å²) in [5.41, 5.74) is 0.228. The second-order valence-electron chi connectivity index (χ2n) is 4.88. The zero-order chi connectivity index (χ0) is 17.7. The molecule has 0 bridgehead atoms. The third-order valence-corrected chi connectivity index (χ3v) is 3.58. The number of hydrogen-bond donors (Lipinski definition) is 1. The summed E-state index contributed by atoms with van der Waals surface area (Å²) < 4.78 is 15.5. The number of hydrogen-bond acceptors (Lipinski definition) is 5. The van der Waals surface area contributed by atoms with Gasteiger partial charge in [-0.3, -0.25) is 0 Å². The Kier molecular flexibility index (Phi) is 5.84. The molecule has 0 spiro atoms. The van der Waals surface area contributed by atoms with Crippen LogP contribution in [0.25, 0.3) is 0 Å². The third kappa shape index (κ3) is 4.07. The lowest BCUT2D eigenvalue weighted by molar-refractivity contribution is -0.137. The van der Waals surface area contributed by atoms with Crippen molar-refractivity contribution < 1.29 is 24.1 Å². The molecule has 2 rings (SSSR count). The molecule has 2 aromatic carbocycles. The molecule has 0 aromatic heterocycles. The first-order valence-electron chi connectivity index (χ1n) is 7.02. The first-order chi connectivity index (χ1) is 11.5. The predicted molar refractivity (Wildman–Crippen MR) is 90.6 cm³/mol. The van der Waals surface area contributed by atoms with Crippen LogP contribution < -0.4 is 9.47 Å². The Morgan fingerprint density at radius 2 is 1.75 bits per heavy atom. The molecule has 0 aliphatic rings. The van der Waals surface area contributed by atoms with Gasteiger partial charge in [0, 0.05) is 10.6 Å². The van der Waals surface area contributed by atoms with Crippen LogP contribution in [0.2, 0.25) is 5.02 Å². The number of esters is 1. The summed E-state index contributed by atoms with van der Waals surface area (Å²) in [5, 5.41) is 11.0. The van der Waals surface area contributed by atoms with Crippen molar-refractivity contribution >= 4 is 17.6 Å². The van der Waals surface area contributed by atoms with Crippen LogP contribution in [0.1, 0.15) is 11.7 Å². The summed E-state index contributed by atoms with van der Waals surface area (Å²) in [4.78, 5) is 11.6. The molecule has 126 valence electrons. The first-order valence-corrected chi connectivity index (χ1v) is 7.40.